The first kappa shape index (κ1) is 18.0. The van der Waals surface area contributed by atoms with Crippen LogP contribution in [-0.2, 0) is 4.74 Å². The van der Waals surface area contributed by atoms with E-state index in [9.17, 15) is 9.90 Å². The number of carbonyl (C=O) groups excluding carboxylic acids is 1. The number of aliphatic hydroxyl groups is 1. The average Bonchev–Trinajstić information content (AvgIpc) is 3.09. The van der Waals surface area contributed by atoms with Crippen molar-refractivity contribution in [3.8, 4) is 11.3 Å². The Morgan fingerprint density at radius 3 is 2.81 bits per heavy atom. The summed E-state index contributed by atoms with van der Waals surface area (Å²) >= 11 is 6.13. The molecule has 1 saturated heterocycles. The number of benzene rings is 1. The number of hydrogen-bond donors (Lipinski definition) is 2. The summed E-state index contributed by atoms with van der Waals surface area (Å²) in [5, 5.41) is 13.4. The number of rotatable bonds is 4. The molecule has 1 aliphatic heterocycles. The zero-order chi connectivity index (χ0) is 18.9. The second-order valence-corrected chi connectivity index (χ2v) is 7.19. The highest BCUT2D eigenvalue weighted by Gasteiger charge is 2.35. The molecule has 2 N–H and O–H groups in total. The Morgan fingerprint density at radius 1 is 1.26 bits per heavy atom. The second kappa shape index (κ2) is 7.31. The third-order valence-corrected chi connectivity index (χ3v) is 5.22. The average molecular weight is 386 g/mol. The molecule has 0 atom stereocenters. The van der Waals surface area contributed by atoms with Gasteiger partial charge in [-0.3, -0.25) is 9.20 Å². The van der Waals surface area contributed by atoms with Crippen molar-refractivity contribution in [1.29, 1.82) is 0 Å². The lowest BCUT2D eigenvalue weighted by Crippen LogP contribution is -2.54. The van der Waals surface area contributed by atoms with E-state index in [1.165, 1.54) is 0 Å². The number of imidazole rings is 1. The van der Waals surface area contributed by atoms with E-state index in [1.54, 1.807) is 16.7 Å². The van der Waals surface area contributed by atoms with Crippen molar-refractivity contribution in [3.63, 3.8) is 0 Å². The lowest BCUT2D eigenvalue weighted by Gasteiger charge is -2.36. The van der Waals surface area contributed by atoms with Crippen molar-refractivity contribution < 1.29 is 14.6 Å². The van der Waals surface area contributed by atoms with E-state index in [4.69, 9.17) is 16.3 Å². The van der Waals surface area contributed by atoms with Gasteiger partial charge in [-0.05, 0) is 37.1 Å². The molecule has 0 saturated carbocycles. The van der Waals surface area contributed by atoms with Gasteiger partial charge in [0.15, 0.2) is 0 Å². The van der Waals surface area contributed by atoms with E-state index >= 15 is 0 Å². The second-order valence-electron chi connectivity index (χ2n) is 6.76. The van der Waals surface area contributed by atoms with Crippen LogP contribution in [0, 0.1) is 0 Å². The van der Waals surface area contributed by atoms with Crippen LogP contribution >= 0.6 is 11.6 Å². The van der Waals surface area contributed by atoms with Crippen molar-refractivity contribution in [1.82, 2.24) is 14.7 Å². The van der Waals surface area contributed by atoms with E-state index in [-0.39, 0.29) is 18.3 Å². The molecule has 140 valence electrons. The van der Waals surface area contributed by atoms with Crippen LogP contribution in [0.25, 0.3) is 16.8 Å². The highest BCUT2D eigenvalue weighted by molar-refractivity contribution is 6.30. The van der Waals surface area contributed by atoms with Gasteiger partial charge in [-0.1, -0.05) is 29.8 Å². The van der Waals surface area contributed by atoms with Gasteiger partial charge in [0.1, 0.15) is 0 Å². The highest BCUT2D eigenvalue weighted by Crippen LogP contribution is 2.28. The molecule has 0 unspecified atom stereocenters. The van der Waals surface area contributed by atoms with Gasteiger partial charge in [0.05, 0.1) is 23.4 Å². The van der Waals surface area contributed by atoms with Crippen LogP contribution in [-0.4, -0.2) is 45.8 Å². The zero-order valence-electron chi connectivity index (χ0n) is 14.7. The standard InChI is InChI=1S/C20H20ClN3O3/c21-15-5-3-4-14(12-15)17-16-6-1-2-9-24(16)18(22-17)19(26)23-20(13-25)7-10-27-11-8-20/h1-6,9,12,25H,7-8,10-11,13H2,(H,23,26). The number of nitrogens with one attached hydrogen (secondary N) is 1. The van der Waals surface area contributed by atoms with Gasteiger partial charge < -0.3 is 15.2 Å². The highest BCUT2D eigenvalue weighted by atomic mass is 35.5. The molecule has 0 spiro atoms. The molecule has 4 rings (SSSR count). The number of aromatic nitrogens is 2. The first-order valence-corrected chi connectivity index (χ1v) is 9.24. The van der Waals surface area contributed by atoms with E-state index in [1.807, 2.05) is 36.4 Å². The SMILES string of the molecule is O=C(NC1(CO)CCOCC1)c1nc(-c2cccc(Cl)c2)c2ccccn12. The Balaban J connectivity index is 1.75. The Kier molecular flexibility index (Phi) is 4.86. The van der Waals surface area contributed by atoms with Gasteiger partial charge in [0.25, 0.3) is 5.91 Å². The predicted octanol–water partition coefficient (Wildman–Crippen LogP) is 2.93. The topological polar surface area (TPSA) is 75.9 Å². The molecule has 1 fully saturated rings. The van der Waals surface area contributed by atoms with Crippen LogP contribution in [0.15, 0.2) is 48.7 Å². The molecule has 0 radical (unpaired) electrons. The molecule has 7 heteroatoms. The third kappa shape index (κ3) is 3.43. The maximum Gasteiger partial charge on any atom is 0.288 e. The quantitative estimate of drug-likeness (QED) is 0.724. The molecule has 0 bridgehead atoms. The maximum absolute atomic E-state index is 13.0. The smallest absolute Gasteiger partial charge is 0.288 e. The van der Waals surface area contributed by atoms with E-state index < -0.39 is 5.54 Å². The fraction of sp³-hybridized carbons (Fsp3) is 0.300. The number of aliphatic hydroxyl groups excluding tert-OH is 1. The van der Waals surface area contributed by atoms with Crippen LogP contribution in [0.5, 0.6) is 0 Å². The van der Waals surface area contributed by atoms with E-state index in [0.29, 0.717) is 36.8 Å². The molecule has 3 heterocycles. The predicted molar refractivity (Wildman–Crippen MR) is 103 cm³/mol. The Bertz CT molecular complexity index is 980. The molecule has 2 aromatic heterocycles. The number of amides is 1. The Hall–Kier alpha value is -2.41. The van der Waals surface area contributed by atoms with Crippen molar-refractivity contribution in [3.05, 3.63) is 59.5 Å². The van der Waals surface area contributed by atoms with Crippen LogP contribution in [0.3, 0.4) is 0 Å². The summed E-state index contributed by atoms with van der Waals surface area (Å²) in [5.41, 5.74) is 1.67. The number of nitrogens with zero attached hydrogens (tertiary/aromatic N) is 2. The van der Waals surface area contributed by atoms with Crippen molar-refractivity contribution in [2.75, 3.05) is 19.8 Å². The summed E-state index contributed by atoms with van der Waals surface area (Å²) in [5.74, 6) is -0.0414. The first-order valence-electron chi connectivity index (χ1n) is 8.86. The van der Waals surface area contributed by atoms with Crippen LogP contribution in [0.2, 0.25) is 5.02 Å². The minimum atomic E-state index is -0.674. The fourth-order valence-electron chi connectivity index (χ4n) is 3.43. The van der Waals surface area contributed by atoms with Crippen molar-refractivity contribution >= 4 is 23.0 Å². The Morgan fingerprint density at radius 2 is 2.07 bits per heavy atom. The van der Waals surface area contributed by atoms with Gasteiger partial charge in [-0.2, -0.15) is 0 Å². The number of halogens is 1. The third-order valence-electron chi connectivity index (χ3n) is 4.98. The lowest BCUT2D eigenvalue weighted by atomic mass is 9.91. The first-order chi connectivity index (χ1) is 13.1. The molecule has 1 aliphatic rings. The van der Waals surface area contributed by atoms with Gasteiger partial charge in [0.2, 0.25) is 5.82 Å². The number of ether oxygens (including phenoxy) is 1. The minimum absolute atomic E-state index is 0.132. The molecule has 3 aromatic rings. The molecule has 6 nitrogen and oxygen atoms in total. The zero-order valence-corrected chi connectivity index (χ0v) is 15.4. The van der Waals surface area contributed by atoms with Crippen LogP contribution < -0.4 is 5.32 Å². The molecule has 0 aliphatic carbocycles. The Labute approximate surface area is 161 Å². The molecule has 1 aromatic carbocycles. The fourth-order valence-corrected chi connectivity index (χ4v) is 3.62. The van der Waals surface area contributed by atoms with Gasteiger partial charge in [0, 0.05) is 30.0 Å². The van der Waals surface area contributed by atoms with Gasteiger partial charge in [-0.25, -0.2) is 4.98 Å². The number of pyridine rings is 1. The van der Waals surface area contributed by atoms with Crippen LogP contribution in [0.4, 0.5) is 0 Å². The lowest BCUT2D eigenvalue weighted by molar-refractivity contribution is 0.0123. The summed E-state index contributed by atoms with van der Waals surface area (Å²) in [4.78, 5) is 17.6. The van der Waals surface area contributed by atoms with Gasteiger partial charge >= 0.3 is 0 Å². The number of hydrogen-bond acceptors (Lipinski definition) is 4. The summed E-state index contributed by atoms with van der Waals surface area (Å²) in [6.45, 7) is 0.889. The number of fused-ring (bicyclic) bond motifs is 1. The molecule has 27 heavy (non-hydrogen) atoms. The van der Waals surface area contributed by atoms with Crippen molar-refractivity contribution in [2.45, 2.75) is 18.4 Å². The number of carbonyl (C=O) groups is 1. The normalized spacial score (nSPS) is 16.4. The monoisotopic (exact) mass is 385 g/mol. The van der Waals surface area contributed by atoms with Crippen LogP contribution in [0.1, 0.15) is 23.5 Å². The van der Waals surface area contributed by atoms with E-state index in [2.05, 4.69) is 10.3 Å². The van der Waals surface area contributed by atoms with E-state index in [0.717, 1.165) is 11.1 Å². The van der Waals surface area contributed by atoms with Crippen molar-refractivity contribution in [2.24, 2.45) is 0 Å². The minimum Gasteiger partial charge on any atom is -0.394 e. The van der Waals surface area contributed by atoms with Gasteiger partial charge in [-0.15, -0.1) is 0 Å². The maximum atomic E-state index is 13.0. The summed E-state index contributed by atoms with van der Waals surface area (Å²) in [6, 6.07) is 13.1. The summed E-state index contributed by atoms with van der Waals surface area (Å²) in [7, 11) is 0. The summed E-state index contributed by atoms with van der Waals surface area (Å²) < 4.78 is 7.12. The molecule has 1 amide bonds. The molecular weight excluding hydrogens is 366 g/mol. The largest absolute Gasteiger partial charge is 0.394 e. The molecular formula is C20H20ClN3O3. The summed E-state index contributed by atoms with van der Waals surface area (Å²) in [6.07, 6.45) is 2.94.